The minimum Gasteiger partial charge on any atom is -0.388 e. The normalized spacial score (nSPS) is 17.4. The highest BCUT2D eigenvalue weighted by molar-refractivity contribution is 6.34. The number of amides is 1. The number of hydrogen-bond donors (Lipinski definition) is 2. The first kappa shape index (κ1) is 14.1. The summed E-state index contributed by atoms with van der Waals surface area (Å²) in [6.45, 7) is 0. The van der Waals surface area contributed by atoms with Gasteiger partial charge >= 0.3 is 0 Å². The highest BCUT2D eigenvalue weighted by Gasteiger charge is 2.44. The van der Waals surface area contributed by atoms with Gasteiger partial charge in [-0.3, -0.25) is 4.79 Å². The molecule has 4 nitrogen and oxygen atoms in total. The molecule has 1 atom stereocenters. The van der Waals surface area contributed by atoms with Crippen LogP contribution in [0.25, 0.3) is 0 Å². The molecule has 0 radical (unpaired) electrons. The van der Waals surface area contributed by atoms with Gasteiger partial charge in [0.1, 0.15) is 5.54 Å². The van der Waals surface area contributed by atoms with Gasteiger partial charge in [-0.05, 0) is 36.6 Å². The highest BCUT2D eigenvalue weighted by atomic mass is 35.5. The molecule has 19 heavy (non-hydrogen) atoms. The van der Waals surface area contributed by atoms with Crippen molar-refractivity contribution < 1.29 is 9.90 Å². The summed E-state index contributed by atoms with van der Waals surface area (Å²) in [6.07, 6.45) is 0.202. The lowest BCUT2D eigenvalue weighted by Crippen LogP contribution is -2.36. The number of nitrogens with zero attached hydrogens (tertiary/aromatic N) is 1. The van der Waals surface area contributed by atoms with Crippen LogP contribution in [0.2, 0.25) is 10.0 Å². The van der Waals surface area contributed by atoms with Gasteiger partial charge in [0.15, 0.2) is 0 Å². The summed E-state index contributed by atoms with van der Waals surface area (Å²) in [7, 11) is 0. The van der Waals surface area contributed by atoms with E-state index in [4.69, 9.17) is 28.5 Å². The maximum absolute atomic E-state index is 11.7. The Morgan fingerprint density at radius 1 is 1.42 bits per heavy atom. The first-order chi connectivity index (χ1) is 8.94. The quantitative estimate of drug-likeness (QED) is 0.897. The SMILES string of the molecule is N#CC1(NC(=O)CC(O)c2cc(Cl)cc(Cl)c2)CC1. The Kier molecular flexibility index (Phi) is 4.00. The fraction of sp³-hybridized carbons (Fsp3) is 0.385. The van der Waals surface area contributed by atoms with E-state index < -0.39 is 11.6 Å². The summed E-state index contributed by atoms with van der Waals surface area (Å²) >= 11 is 11.7. The Morgan fingerprint density at radius 2 is 2.00 bits per heavy atom. The van der Waals surface area contributed by atoms with E-state index >= 15 is 0 Å². The maximum Gasteiger partial charge on any atom is 0.224 e. The third-order valence-electron chi connectivity index (χ3n) is 2.99. The second-order valence-corrected chi connectivity index (χ2v) is 5.54. The summed E-state index contributed by atoms with van der Waals surface area (Å²) in [5, 5.41) is 22.3. The van der Waals surface area contributed by atoms with Gasteiger partial charge in [-0.25, -0.2) is 0 Å². The zero-order chi connectivity index (χ0) is 14.0. The molecule has 2 N–H and O–H groups in total. The molecule has 0 bridgehead atoms. The third kappa shape index (κ3) is 3.60. The van der Waals surface area contributed by atoms with Crippen molar-refractivity contribution in [2.45, 2.75) is 30.9 Å². The van der Waals surface area contributed by atoms with Crippen LogP contribution >= 0.6 is 23.2 Å². The first-order valence-corrected chi connectivity index (χ1v) is 6.56. The number of aliphatic hydroxyl groups is 1. The van der Waals surface area contributed by atoms with Crippen LogP contribution in [0.15, 0.2) is 18.2 Å². The molecule has 0 aromatic heterocycles. The second-order valence-electron chi connectivity index (χ2n) is 4.66. The highest BCUT2D eigenvalue weighted by Crippen LogP contribution is 2.34. The largest absolute Gasteiger partial charge is 0.388 e. The monoisotopic (exact) mass is 298 g/mol. The van der Waals surface area contributed by atoms with Gasteiger partial charge in [-0.1, -0.05) is 23.2 Å². The topological polar surface area (TPSA) is 73.1 Å². The van der Waals surface area contributed by atoms with Crippen molar-refractivity contribution in [2.24, 2.45) is 0 Å². The van der Waals surface area contributed by atoms with E-state index in [0.29, 0.717) is 28.5 Å². The van der Waals surface area contributed by atoms with Crippen LogP contribution in [-0.4, -0.2) is 16.6 Å². The van der Waals surface area contributed by atoms with Gasteiger partial charge in [0.05, 0.1) is 18.6 Å². The average Bonchev–Trinajstić information content (AvgIpc) is 3.08. The first-order valence-electron chi connectivity index (χ1n) is 5.80. The number of benzene rings is 1. The lowest BCUT2D eigenvalue weighted by atomic mass is 10.1. The minimum atomic E-state index is -0.995. The molecule has 0 aliphatic heterocycles. The number of carbonyl (C=O) groups excluding carboxylic acids is 1. The fourth-order valence-corrected chi connectivity index (χ4v) is 2.31. The Balaban J connectivity index is 1.99. The van der Waals surface area contributed by atoms with Crippen LogP contribution in [0, 0.1) is 11.3 Å². The van der Waals surface area contributed by atoms with E-state index in [1.54, 1.807) is 18.2 Å². The molecule has 2 rings (SSSR count). The molecule has 1 aliphatic rings. The molecule has 1 unspecified atom stereocenters. The van der Waals surface area contributed by atoms with Gasteiger partial charge in [-0.2, -0.15) is 5.26 Å². The molecular weight excluding hydrogens is 287 g/mol. The molecule has 1 aromatic rings. The van der Waals surface area contributed by atoms with E-state index in [1.165, 1.54) is 0 Å². The van der Waals surface area contributed by atoms with Gasteiger partial charge in [0, 0.05) is 10.0 Å². The molecule has 1 saturated carbocycles. The number of aliphatic hydroxyl groups excluding tert-OH is 1. The molecule has 0 heterocycles. The zero-order valence-electron chi connectivity index (χ0n) is 9.99. The predicted octanol–water partition coefficient (Wildman–Crippen LogP) is 2.59. The van der Waals surface area contributed by atoms with Gasteiger partial charge in [0.2, 0.25) is 5.91 Å². The summed E-state index contributed by atoms with van der Waals surface area (Å²) in [6, 6.07) is 6.72. The number of nitriles is 1. The number of nitrogens with one attached hydrogen (secondary N) is 1. The molecule has 1 fully saturated rings. The van der Waals surface area contributed by atoms with Gasteiger partial charge in [0.25, 0.3) is 0 Å². The molecule has 0 saturated heterocycles. The van der Waals surface area contributed by atoms with Crippen molar-refractivity contribution >= 4 is 29.1 Å². The maximum atomic E-state index is 11.7. The van der Waals surface area contributed by atoms with Gasteiger partial charge < -0.3 is 10.4 Å². The number of halogens is 2. The summed E-state index contributed by atoms with van der Waals surface area (Å²) < 4.78 is 0. The molecule has 1 aromatic carbocycles. The number of hydrogen-bond acceptors (Lipinski definition) is 3. The van der Waals surface area contributed by atoms with Crippen LogP contribution in [0.4, 0.5) is 0 Å². The molecule has 0 spiro atoms. The molecule has 100 valence electrons. The standard InChI is InChI=1S/C13H12Cl2N2O2/c14-9-3-8(4-10(15)5-9)11(18)6-12(19)17-13(7-16)1-2-13/h3-5,11,18H,1-2,6H2,(H,17,19). The number of carbonyl (C=O) groups is 1. The van der Waals surface area contributed by atoms with E-state index in [2.05, 4.69) is 11.4 Å². The van der Waals surface area contributed by atoms with Crippen molar-refractivity contribution in [3.05, 3.63) is 33.8 Å². The lowest BCUT2D eigenvalue weighted by Gasteiger charge is -2.14. The van der Waals surface area contributed by atoms with Crippen molar-refractivity contribution in [1.29, 1.82) is 5.26 Å². The summed E-state index contributed by atoms with van der Waals surface area (Å²) in [4.78, 5) is 11.7. The van der Waals surface area contributed by atoms with Crippen molar-refractivity contribution in [3.63, 3.8) is 0 Å². The zero-order valence-corrected chi connectivity index (χ0v) is 11.5. The predicted molar refractivity (Wildman–Crippen MR) is 71.8 cm³/mol. The molecular formula is C13H12Cl2N2O2. The van der Waals surface area contributed by atoms with E-state index in [9.17, 15) is 9.90 Å². The molecule has 6 heteroatoms. The average molecular weight is 299 g/mol. The Hall–Kier alpha value is -1.28. The van der Waals surface area contributed by atoms with Crippen LogP contribution in [0.1, 0.15) is 30.9 Å². The fourth-order valence-electron chi connectivity index (χ4n) is 1.77. The van der Waals surface area contributed by atoms with Gasteiger partial charge in [-0.15, -0.1) is 0 Å². The molecule has 1 aliphatic carbocycles. The van der Waals surface area contributed by atoms with Crippen molar-refractivity contribution in [2.75, 3.05) is 0 Å². The second kappa shape index (κ2) is 5.38. The van der Waals surface area contributed by atoms with Crippen LogP contribution in [-0.2, 0) is 4.79 Å². The summed E-state index contributed by atoms with van der Waals surface area (Å²) in [5.74, 6) is -0.359. The Morgan fingerprint density at radius 3 is 2.47 bits per heavy atom. The lowest BCUT2D eigenvalue weighted by molar-refractivity contribution is -0.123. The van der Waals surface area contributed by atoms with E-state index in [1.807, 2.05) is 0 Å². The van der Waals surface area contributed by atoms with Crippen molar-refractivity contribution in [3.8, 4) is 6.07 Å². The Bertz CT molecular complexity index is 530. The van der Waals surface area contributed by atoms with Crippen LogP contribution < -0.4 is 5.32 Å². The number of rotatable bonds is 4. The summed E-state index contributed by atoms with van der Waals surface area (Å²) in [5.41, 5.74) is -0.238. The van der Waals surface area contributed by atoms with E-state index in [0.717, 1.165) is 0 Å². The smallest absolute Gasteiger partial charge is 0.224 e. The third-order valence-corrected chi connectivity index (χ3v) is 3.43. The van der Waals surface area contributed by atoms with Crippen molar-refractivity contribution in [1.82, 2.24) is 5.32 Å². The molecule has 1 amide bonds. The van der Waals surface area contributed by atoms with Crippen LogP contribution in [0.5, 0.6) is 0 Å². The van der Waals surface area contributed by atoms with Crippen LogP contribution in [0.3, 0.4) is 0 Å². The minimum absolute atomic E-state index is 0.125. The van der Waals surface area contributed by atoms with E-state index in [-0.39, 0.29) is 12.3 Å². The Labute approximate surface area is 120 Å².